The minimum Gasteiger partial charge on any atom is -0.387 e. The molecule has 0 aromatic carbocycles. The van der Waals surface area contributed by atoms with Crippen molar-refractivity contribution in [3.8, 4) is 0 Å². The quantitative estimate of drug-likeness (QED) is 0.505. The maximum absolute atomic E-state index is 12.1. The number of hydrogen-bond donors (Lipinski definition) is 4. The van der Waals surface area contributed by atoms with Gasteiger partial charge >= 0.3 is 0 Å². The SMILES string of the molecule is CCCCNC(=O)[C@H]1O[C@@H](n2cnc3c(N)ncnc32)[C@H](O)[C@@H]1O. The molecule has 2 aromatic heterocycles. The number of nitrogens with one attached hydrogen (secondary N) is 1. The number of aliphatic hydroxyl groups excluding tert-OH is 2. The lowest BCUT2D eigenvalue weighted by molar-refractivity contribution is -0.137. The Kier molecular flexibility index (Phi) is 4.60. The van der Waals surface area contributed by atoms with Crippen LogP contribution in [0.25, 0.3) is 11.2 Å². The van der Waals surface area contributed by atoms with Crippen LogP contribution >= 0.6 is 0 Å². The highest BCUT2D eigenvalue weighted by molar-refractivity contribution is 5.82. The smallest absolute Gasteiger partial charge is 0.252 e. The van der Waals surface area contributed by atoms with Crippen molar-refractivity contribution >= 4 is 22.9 Å². The van der Waals surface area contributed by atoms with Crippen molar-refractivity contribution < 1.29 is 19.7 Å². The average molecular weight is 336 g/mol. The molecule has 10 nitrogen and oxygen atoms in total. The maximum Gasteiger partial charge on any atom is 0.252 e. The molecule has 0 unspecified atom stereocenters. The molecule has 0 bridgehead atoms. The molecule has 10 heteroatoms. The van der Waals surface area contributed by atoms with Crippen LogP contribution < -0.4 is 11.1 Å². The molecule has 24 heavy (non-hydrogen) atoms. The fraction of sp³-hybridized carbons (Fsp3) is 0.571. The molecule has 3 heterocycles. The molecule has 2 aromatic rings. The Balaban J connectivity index is 1.81. The summed E-state index contributed by atoms with van der Waals surface area (Å²) in [5, 5.41) is 23.1. The Morgan fingerprint density at radius 3 is 2.92 bits per heavy atom. The third-order valence-corrected chi connectivity index (χ3v) is 3.99. The second kappa shape index (κ2) is 6.67. The van der Waals surface area contributed by atoms with E-state index in [1.54, 1.807) is 0 Å². The Morgan fingerprint density at radius 1 is 1.38 bits per heavy atom. The monoisotopic (exact) mass is 336 g/mol. The number of nitrogens with zero attached hydrogens (tertiary/aromatic N) is 4. The summed E-state index contributed by atoms with van der Waals surface area (Å²) in [6.07, 6.45) is -0.422. The molecule has 1 fully saturated rings. The lowest BCUT2D eigenvalue weighted by Crippen LogP contribution is -2.43. The van der Waals surface area contributed by atoms with Gasteiger partial charge in [-0.25, -0.2) is 15.0 Å². The summed E-state index contributed by atoms with van der Waals surface area (Å²) < 4.78 is 7.01. The number of aromatic nitrogens is 4. The van der Waals surface area contributed by atoms with Gasteiger partial charge in [0, 0.05) is 6.54 Å². The Bertz CT molecular complexity index is 735. The zero-order chi connectivity index (χ0) is 17.3. The molecule has 5 N–H and O–H groups in total. The lowest BCUT2D eigenvalue weighted by atomic mass is 10.1. The first-order chi connectivity index (χ1) is 11.5. The van der Waals surface area contributed by atoms with E-state index in [0.29, 0.717) is 17.7 Å². The fourth-order valence-corrected chi connectivity index (χ4v) is 2.65. The summed E-state index contributed by atoms with van der Waals surface area (Å²) in [4.78, 5) is 24.1. The standard InChI is InChI=1S/C14H20N6O4/c1-2-3-4-16-13(23)10-8(21)9(22)14(24-10)20-6-19-7-11(15)17-5-18-12(7)20/h5-6,8-10,14,21-22H,2-4H2,1H3,(H,16,23)(H2,15,17,18)/t8-,9+,10-,14+/m0/s1. The highest BCUT2D eigenvalue weighted by Gasteiger charge is 2.47. The largest absolute Gasteiger partial charge is 0.387 e. The number of amides is 1. The van der Waals surface area contributed by atoms with E-state index in [-0.39, 0.29) is 5.82 Å². The average Bonchev–Trinajstić information content (AvgIpc) is 3.11. The van der Waals surface area contributed by atoms with Gasteiger partial charge in [0.1, 0.15) is 24.1 Å². The van der Waals surface area contributed by atoms with Crippen molar-refractivity contribution in [1.82, 2.24) is 24.8 Å². The molecule has 0 radical (unpaired) electrons. The highest BCUT2D eigenvalue weighted by Crippen LogP contribution is 2.32. The molecule has 0 aliphatic carbocycles. The number of nitrogens with two attached hydrogens (primary N) is 1. The highest BCUT2D eigenvalue weighted by atomic mass is 16.6. The van der Waals surface area contributed by atoms with E-state index < -0.39 is 30.4 Å². The topological polar surface area (TPSA) is 148 Å². The summed E-state index contributed by atoms with van der Waals surface area (Å²) in [5.41, 5.74) is 6.44. The van der Waals surface area contributed by atoms with Crippen LogP contribution in [0.2, 0.25) is 0 Å². The molecule has 130 valence electrons. The van der Waals surface area contributed by atoms with E-state index in [1.807, 2.05) is 6.92 Å². The fourth-order valence-electron chi connectivity index (χ4n) is 2.65. The van der Waals surface area contributed by atoms with Crippen LogP contribution in [-0.4, -0.2) is 60.5 Å². The second-order valence-corrected chi connectivity index (χ2v) is 5.66. The molecule has 0 spiro atoms. The molecular formula is C14H20N6O4. The number of fused-ring (bicyclic) bond motifs is 1. The van der Waals surface area contributed by atoms with Crippen LogP contribution in [0.5, 0.6) is 0 Å². The minimum absolute atomic E-state index is 0.195. The van der Waals surface area contributed by atoms with Crippen LogP contribution in [0.1, 0.15) is 26.0 Å². The summed E-state index contributed by atoms with van der Waals surface area (Å²) in [6.45, 7) is 2.49. The third kappa shape index (κ3) is 2.79. The van der Waals surface area contributed by atoms with Gasteiger partial charge in [0.15, 0.2) is 23.8 Å². The number of ether oxygens (including phenoxy) is 1. The third-order valence-electron chi connectivity index (χ3n) is 3.99. The summed E-state index contributed by atoms with van der Waals surface area (Å²) >= 11 is 0. The van der Waals surface area contributed by atoms with Gasteiger partial charge in [0.25, 0.3) is 5.91 Å². The summed E-state index contributed by atoms with van der Waals surface area (Å²) in [7, 11) is 0. The number of rotatable bonds is 5. The number of nitrogen functional groups attached to an aromatic ring is 1. The van der Waals surface area contributed by atoms with Crippen LogP contribution in [0.15, 0.2) is 12.7 Å². The number of imidazole rings is 1. The zero-order valence-electron chi connectivity index (χ0n) is 13.2. The van der Waals surface area contributed by atoms with E-state index in [0.717, 1.165) is 12.8 Å². The van der Waals surface area contributed by atoms with E-state index in [2.05, 4.69) is 20.3 Å². The predicted octanol–water partition coefficient (Wildman–Crippen LogP) is -1.06. The Morgan fingerprint density at radius 2 is 2.17 bits per heavy atom. The van der Waals surface area contributed by atoms with Crippen molar-refractivity contribution in [2.75, 3.05) is 12.3 Å². The van der Waals surface area contributed by atoms with Crippen LogP contribution in [0.4, 0.5) is 5.82 Å². The van der Waals surface area contributed by atoms with Crippen molar-refractivity contribution in [2.45, 2.75) is 44.3 Å². The number of hydrogen-bond acceptors (Lipinski definition) is 8. The van der Waals surface area contributed by atoms with Gasteiger partial charge in [-0.2, -0.15) is 0 Å². The van der Waals surface area contributed by atoms with Crippen LogP contribution in [-0.2, 0) is 9.53 Å². The van der Waals surface area contributed by atoms with E-state index in [9.17, 15) is 15.0 Å². The van der Waals surface area contributed by atoms with Gasteiger partial charge in [-0.05, 0) is 6.42 Å². The van der Waals surface area contributed by atoms with E-state index >= 15 is 0 Å². The lowest BCUT2D eigenvalue weighted by Gasteiger charge is -2.16. The Labute approximate surface area is 137 Å². The van der Waals surface area contributed by atoms with Gasteiger partial charge in [-0.15, -0.1) is 0 Å². The number of carbonyl (C=O) groups is 1. The predicted molar refractivity (Wildman–Crippen MR) is 83.6 cm³/mol. The van der Waals surface area contributed by atoms with Crippen molar-refractivity contribution in [3.63, 3.8) is 0 Å². The van der Waals surface area contributed by atoms with Crippen molar-refractivity contribution in [2.24, 2.45) is 0 Å². The van der Waals surface area contributed by atoms with Crippen LogP contribution in [0.3, 0.4) is 0 Å². The van der Waals surface area contributed by atoms with Gasteiger partial charge in [0.05, 0.1) is 6.33 Å². The molecule has 3 rings (SSSR count). The first-order valence-electron chi connectivity index (χ1n) is 7.77. The zero-order valence-corrected chi connectivity index (χ0v) is 13.2. The van der Waals surface area contributed by atoms with Gasteiger partial charge < -0.3 is 26.0 Å². The van der Waals surface area contributed by atoms with Gasteiger partial charge in [-0.3, -0.25) is 9.36 Å². The summed E-state index contributed by atoms with van der Waals surface area (Å²) in [5.74, 6) is -0.267. The molecule has 1 aliphatic rings. The molecular weight excluding hydrogens is 316 g/mol. The van der Waals surface area contributed by atoms with Gasteiger partial charge in [0.2, 0.25) is 0 Å². The molecule has 1 aliphatic heterocycles. The number of carbonyl (C=O) groups excluding carboxylic acids is 1. The Hall–Kier alpha value is -2.30. The molecule has 1 amide bonds. The van der Waals surface area contributed by atoms with Crippen molar-refractivity contribution in [1.29, 1.82) is 0 Å². The minimum atomic E-state index is -1.35. The second-order valence-electron chi connectivity index (χ2n) is 5.66. The molecule has 0 saturated carbocycles. The van der Waals surface area contributed by atoms with Crippen molar-refractivity contribution in [3.05, 3.63) is 12.7 Å². The normalized spacial score (nSPS) is 26.8. The number of aliphatic hydroxyl groups is 2. The first kappa shape index (κ1) is 16.6. The number of anilines is 1. The first-order valence-corrected chi connectivity index (χ1v) is 7.77. The van der Waals surface area contributed by atoms with Crippen LogP contribution in [0, 0.1) is 0 Å². The molecule has 4 atom stereocenters. The van der Waals surface area contributed by atoms with E-state index in [1.165, 1.54) is 17.2 Å². The number of unbranched alkanes of at least 4 members (excludes halogenated alkanes) is 1. The molecule has 1 saturated heterocycles. The van der Waals surface area contributed by atoms with Gasteiger partial charge in [-0.1, -0.05) is 13.3 Å². The summed E-state index contributed by atoms with van der Waals surface area (Å²) in [6, 6.07) is 0. The maximum atomic E-state index is 12.1. The van der Waals surface area contributed by atoms with E-state index in [4.69, 9.17) is 10.5 Å².